The molecular weight excluding hydrogens is 620 g/mol. The zero-order valence-corrected chi connectivity index (χ0v) is 24.9. The number of primary amides is 1. The van der Waals surface area contributed by atoms with Crippen LogP contribution < -0.4 is 16.4 Å². The number of rotatable bonds is 12. The van der Waals surface area contributed by atoms with E-state index in [1.807, 2.05) is 0 Å². The van der Waals surface area contributed by atoms with Gasteiger partial charge in [0.1, 0.15) is 5.82 Å². The fourth-order valence-corrected chi connectivity index (χ4v) is 6.07. The zero-order chi connectivity index (χ0) is 33.2. The van der Waals surface area contributed by atoms with Gasteiger partial charge in [0.2, 0.25) is 15.9 Å². The van der Waals surface area contributed by atoms with E-state index >= 15 is 0 Å². The van der Waals surface area contributed by atoms with Gasteiger partial charge in [-0.25, -0.2) is 17.5 Å². The lowest BCUT2D eigenvalue weighted by Crippen LogP contribution is -2.58. The third kappa shape index (κ3) is 7.24. The van der Waals surface area contributed by atoms with E-state index in [0.29, 0.717) is 26.5 Å². The minimum atomic E-state index is -5.26. The number of carbonyl (C=O) groups excluding carboxylic acids is 2. The highest BCUT2D eigenvalue weighted by molar-refractivity contribution is 7.89. The van der Waals surface area contributed by atoms with Crippen LogP contribution in [0.5, 0.6) is 0 Å². The standard InChI is InChI=1S/C29H30F4N6O5S/c1-3-38(45(43,44)22-9-7-20(30)8-10-22)17-28(42,29(31,32)33)16-36-24-11-18(2)12-25-23(24)14-37-39(25)21-6-4-5-19(13-21)27(41)35-15-26(34)40/h4-14,36,42H,3,15-17H2,1-2H3,(H2,34,40)(H,35,41). The quantitative estimate of drug-likeness (QED) is 0.172. The molecule has 1 unspecified atom stereocenters. The molecule has 0 spiro atoms. The molecule has 0 saturated heterocycles. The molecule has 0 aliphatic rings. The Labute approximate surface area is 255 Å². The zero-order valence-electron chi connectivity index (χ0n) is 24.1. The van der Waals surface area contributed by atoms with Crippen molar-refractivity contribution in [2.45, 2.75) is 30.5 Å². The SMILES string of the molecule is CCN(CC(O)(CNc1cc(C)cc2c1cnn2-c1cccc(C(=O)NCC(N)=O)c1)C(F)(F)F)S(=O)(=O)c1ccc(F)cc1. The van der Waals surface area contributed by atoms with Crippen LogP contribution in [0.4, 0.5) is 23.2 Å². The lowest BCUT2D eigenvalue weighted by atomic mass is 10.0. The van der Waals surface area contributed by atoms with Crippen molar-refractivity contribution in [1.82, 2.24) is 19.4 Å². The molecule has 0 aliphatic heterocycles. The maximum absolute atomic E-state index is 14.3. The predicted molar refractivity (Wildman–Crippen MR) is 158 cm³/mol. The number of hydrogen-bond acceptors (Lipinski definition) is 7. The van der Waals surface area contributed by atoms with Gasteiger partial charge in [0.05, 0.1) is 41.9 Å². The number of amides is 2. The summed E-state index contributed by atoms with van der Waals surface area (Å²) in [4.78, 5) is 23.0. The normalized spacial score (nSPS) is 13.5. The number of fused-ring (bicyclic) bond motifs is 1. The summed E-state index contributed by atoms with van der Waals surface area (Å²) in [5, 5.41) is 20.6. The summed E-state index contributed by atoms with van der Waals surface area (Å²) in [7, 11) is -4.52. The van der Waals surface area contributed by atoms with Crippen molar-refractivity contribution >= 4 is 38.4 Å². The number of nitrogens with one attached hydrogen (secondary N) is 2. The lowest BCUT2D eigenvalue weighted by molar-refractivity contribution is -0.255. The van der Waals surface area contributed by atoms with Gasteiger partial charge in [-0.1, -0.05) is 13.0 Å². The molecule has 1 aromatic heterocycles. The van der Waals surface area contributed by atoms with Gasteiger partial charge in [0.25, 0.3) is 5.91 Å². The third-order valence-corrected chi connectivity index (χ3v) is 8.89. The topological polar surface area (TPSA) is 160 Å². The minimum absolute atomic E-state index is 0.179. The number of carbonyl (C=O) groups is 2. The van der Waals surface area contributed by atoms with Gasteiger partial charge < -0.3 is 21.5 Å². The molecule has 1 heterocycles. The number of halogens is 4. The molecule has 11 nitrogen and oxygen atoms in total. The number of anilines is 1. The van der Waals surface area contributed by atoms with E-state index in [2.05, 4.69) is 15.7 Å². The van der Waals surface area contributed by atoms with Crippen molar-refractivity contribution in [3.8, 4) is 5.69 Å². The summed E-state index contributed by atoms with van der Waals surface area (Å²) >= 11 is 0. The van der Waals surface area contributed by atoms with Gasteiger partial charge in [-0.05, 0) is 67.1 Å². The minimum Gasteiger partial charge on any atom is -0.381 e. The van der Waals surface area contributed by atoms with Crippen LogP contribution >= 0.6 is 0 Å². The highest BCUT2D eigenvalue weighted by Gasteiger charge is 2.55. The molecule has 0 radical (unpaired) electrons. The maximum Gasteiger partial charge on any atom is 0.420 e. The Morgan fingerprint density at radius 1 is 1.09 bits per heavy atom. The predicted octanol–water partition coefficient (Wildman–Crippen LogP) is 3.10. The summed E-state index contributed by atoms with van der Waals surface area (Å²) in [6.45, 7) is -0.205. The third-order valence-electron chi connectivity index (χ3n) is 6.95. The van der Waals surface area contributed by atoms with Crippen molar-refractivity contribution < 1.29 is 40.7 Å². The summed E-state index contributed by atoms with van der Waals surface area (Å²) in [5.41, 5.74) is 3.44. The molecule has 16 heteroatoms. The van der Waals surface area contributed by atoms with Crippen molar-refractivity contribution in [3.63, 3.8) is 0 Å². The van der Waals surface area contributed by atoms with E-state index in [4.69, 9.17) is 5.73 Å². The van der Waals surface area contributed by atoms with E-state index < -0.39 is 64.0 Å². The van der Waals surface area contributed by atoms with Gasteiger partial charge in [-0.3, -0.25) is 9.59 Å². The highest BCUT2D eigenvalue weighted by atomic mass is 32.2. The first-order valence-corrected chi connectivity index (χ1v) is 14.9. The van der Waals surface area contributed by atoms with E-state index in [0.717, 1.165) is 24.3 Å². The average molecular weight is 651 g/mol. The van der Waals surface area contributed by atoms with Crippen LogP contribution in [0.1, 0.15) is 22.8 Å². The summed E-state index contributed by atoms with van der Waals surface area (Å²) in [6.07, 6.45) is -3.87. The smallest absolute Gasteiger partial charge is 0.381 e. The Bertz CT molecular complexity index is 1830. The first-order chi connectivity index (χ1) is 21.1. The van der Waals surface area contributed by atoms with Crippen LogP contribution in [0.2, 0.25) is 0 Å². The van der Waals surface area contributed by atoms with Gasteiger partial charge >= 0.3 is 6.18 Å². The van der Waals surface area contributed by atoms with Gasteiger partial charge in [0.15, 0.2) is 5.60 Å². The number of aliphatic hydroxyl groups is 1. The fourth-order valence-electron chi connectivity index (χ4n) is 4.57. The number of aryl methyl sites for hydroxylation is 1. The van der Waals surface area contributed by atoms with Crippen molar-refractivity contribution in [3.05, 3.63) is 83.8 Å². The molecule has 4 rings (SSSR count). The molecule has 240 valence electrons. The number of alkyl halides is 3. The van der Waals surface area contributed by atoms with Gasteiger partial charge in [0, 0.05) is 23.2 Å². The number of benzene rings is 3. The Balaban J connectivity index is 1.64. The van der Waals surface area contributed by atoms with E-state index in [1.165, 1.54) is 29.9 Å². The van der Waals surface area contributed by atoms with Crippen LogP contribution in [-0.4, -0.2) is 77.4 Å². The molecule has 4 aromatic rings. The van der Waals surface area contributed by atoms with E-state index in [9.17, 15) is 40.7 Å². The molecule has 2 amide bonds. The van der Waals surface area contributed by atoms with Crippen LogP contribution in [-0.2, 0) is 14.8 Å². The Hall–Kier alpha value is -4.54. The maximum atomic E-state index is 14.3. The monoisotopic (exact) mass is 650 g/mol. The first-order valence-electron chi connectivity index (χ1n) is 13.5. The molecule has 0 fully saturated rings. The van der Waals surface area contributed by atoms with Crippen LogP contribution in [0.25, 0.3) is 16.6 Å². The molecule has 5 N–H and O–H groups in total. The second-order valence-corrected chi connectivity index (χ2v) is 12.2. The number of nitrogens with zero attached hydrogens (tertiary/aromatic N) is 3. The molecular formula is C29H30F4N6O5S. The van der Waals surface area contributed by atoms with Crippen molar-refractivity contribution in [2.75, 3.05) is 31.5 Å². The number of hydrogen-bond donors (Lipinski definition) is 4. The lowest BCUT2D eigenvalue weighted by Gasteiger charge is -2.35. The second-order valence-electron chi connectivity index (χ2n) is 10.3. The summed E-state index contributed by atoms with van der Waals surface area (Å²) in [6, 6.07) is 13.1. The van der Waals surface area contributed by atoms with Crippen LogP contribution in [0.3, 0.4) is 0 Å². The first kappa shape index (κ1) is 33.4. The van der Waals surface area contributed by atoms with Gasteiger partial charge in [-0.2, -0.15) is 22.6 Å². The number of sulfonamides is 1. The Morgan fingerprint density at radius 2 is 1.78 bits per heavy atom. The summed E-state index contributed by atoms with van der Waals surface area (Å²) < 4.78 is 84.5. The van der Waals surface area contributed by atoms with E-state index in [-0.39, 0.29) is 17.8 Å². The number of likely N-dealkylation sites (N-methyl/N-ethyl adjacent to an activating group) is 1. The summed E-state index contributed by atoms with van der Waals surface area (Å²) in [5.74, 6) is -2.00. The largest absolute Gasteiger partial charge is 0.420 e. The Morgan fingerprint density at radius 3 is 2.40 bits per heavy atom. The molecule has 0 saturated carbocycles. The van der Waals surface area contributed by atoms with E-state index in [1.54, 1.807) is 31.2 Å². The van der Waals surface area contributed by atoms with Gasteiger partial charge in [-0.15, -0.1) is 0 Å². The Kier molecular flexibility index (Phi) is 9.51. The van der Waals surface area contributed by atoms with Crippen LogP contribution in [0.15, 0.2) is 71.8 Å². The molecule has 1 atom stereocenters. The molecule has 0 aliphatic carbocycles. The number of aromatic nitrogens is 2. The fraction of sp³-hybridized carbons (Fsp3) is 0.276. The van der Waals surface area contributed by atoms with Crippen LogP contribution in [0, 0.1) is 12.7 Å². The highest BCUT2D eigenvalue weighted by Crippen LogP contribution is 2.35. The molecule has 3 aromatic carbocycles. The second kappa shape index (κ2) is 12.8. The number of nitrogens with two attached hydrogens (primary N) is 1. The molecule has 45 heavy (non-hydrogen) atoms. The van der Waals surface area contributed by atoms with Crippen molar-refractivity contribution in [1.29, 1.82) is 0 Å². The molecule has 0 bridgehead atoms. The van der Waals surface area contributed by atoms with Crippen molar-refractivity contribution in [2.24, 2.45) is 5.73 Å². The average Bonchev–Trinajstić information content (AvgIpc) is 3.41.